The number of benzene rings is 1. The van der Waals surface area contributed by atoms with Crippen LogP contribution in [0.25, 0.3) is 0 Å². The van der Waals surface area contributed by atoms with Crippen LogP contribution in [0.2, 0.25) is 0 Å². The van der Waals surface area contributed by atoms with Gasteiger partial charge in [-0.15, -0.1) is 11.8 Å². The van der Waals surface area contributed by atoms with Gasteiger partial charge in [-0.3, -0.25) is 0 Å². The second-order valence-corrected chi connectivity index (χ2v) is 7.01. The van der Waals surface area contributed by atoms with Crippen LogP contribution in [0.5, 0.6) is 0 Å². The predicted molar refractivity (Wildman–Crippen MR) is 90.0 cm³/mol. The van der Waals surface area contributed by atoms with Crippen molar-refractivity contribution in [2.24, 2.45) is 0 Å². The zero-order chi connectivity index (χ0) is 15.4. The molecule has 20 heavy (non-hydrogen) atoms. The van der Waals surface area contributed by atoms with Gasteiger partial charge in [0.15, 0.2) is 0 Å². The summed E-state index contributed by atoms with van der Waals surface area (Å²) >= 11 is 1.78. The van der Waals surface area contributed by atoms with Gasteiger partial charge in [0.05, 0.1) is 6.10 Å². The fourth-order valence-corrected chi connectivity index (χ4v) is 3.51. The average Bonchev–Trinajstić information content (AvgIpc) is 2.40. The number of hydrogen-bond donors (Lipinski definition) is 2. The van der Waals surface area contributed by atoms with E-state index in [1.54, 1.807) is 11.8 Å². The molecular weight excluding hydrogens is 266 g/mol. The van der Waals surface area contributed by atoms with Gasteiger partial charge in [0.2, 0.25) is 0 Å². The normalized spacial score (nSPS) is 13.1. The van der Waals surface area contributed by atoms with Crippen LogP contribution in [-0.4, -0.2) is 29.5 Å². The van der Waals surface area contributed by atoms with Crippen LogP contribution in [0.4, 0.5) is 0 Å². The van der Waals surface area contributed by atoms with Gasteiger partial charge in [0.25, 0.3) is 0 Å². The number of aliphatic hydroxyl groups is 1. The van der Waals surface area contributed by atoms with Crippen molar-refractivity contribution in [1.29, 1.82) is 0 Å². The molecule has 1 rings (SSSR count). The van der Waals surface area contributed by atoms with Crippen molar-refractivity contribution >= 4 is 11.8 Å². The first kappa shape index (κ1) is 17.5. The minimum absolute atomic E-state index is 0.303. The molecule has 2 N–H and O–H groups in total. The predicted octanol–water partition coefficient (Wildman–Crippen LogP) is 3.68. The second kappa shape index (κ2) is 7.48. The van der Waals surface area contributed by atoms with E-state index >= 15 is 0 Å². The molecule has 1 aromatic rings. The van der Waals surface area contributed by atoms with Crippen molar-refractivity contribution in [2.45, 2.75) is 65.5 Å². The Hall–Kier alpha value is -0.510. The van der Waals surface area contributed by atoms with E-state index in [9.17, 15) is 5.11 Å². The van der Waals surface area contributed by atoms with Gasteiger partial charge in [0, 0.05) is 23.2 Å². The van der Waals surface area contributed by atoms with Gasteiger partial charge < -0.3 is 10.4 Å². The summed E-state index contributed by atoms with van der Waals surface area (Å²) < 4.78 is 0. The van der Waals surface area contributed by atoms with E-state index in [1.807, 2.05) is 0 Å². The van der Waals surface area contributed by atoms with Crippen LogP contribution in [0.3, 0.4) is 0 Å². The molecule has 0 radical (unpaired) electrons. The fraction of sp³-hybridized carbons (Fsp3) is 0.647. The van der Waals surface area contributed by atoms with Crippen molar-refractivity contribution in [2.75, 3.05) is 12.3 Å². The van der Waals surface area contributed by atoms with Crippen LogP contribution < -0.4 is 5.32 Å². The Morgan fingerprint density at radius 1 is 0.900 bits per heavy atom. The highest BCUT2D eigenvalue weighted by Crippen LogP contribution is 2.33. The molecule has 0 spiro atoms. The summed E-state index contributed by atoms with van der Waals surface area (Å²) in [7, 11) is 0. The Morgan fingerprint density at radius 3 is 1.80 bits per heavy atom. The van der Waals surface area contributed by atoms with Crippen molar-refractivity contribution in [3.63, 3.8) is 0 Å². The Morgan fingerprint density at radius 2 is 1.35 bits per heavy atom. The third-order valence-electron chi connectivity index (χ3n) is 4.11. The molecule has 0 fully saturated rings. The highest BCUT2D eigenvalue weighted by Gasteiger charge is 2.14. The van der Waals surface area contributed by atoms with Crippen molar-refractivity contribution in [3.05, 3.63) is 27.8 Å². The Kier molecular flexibility index (Phi) is 6.56. The van der Waals surface area contributed by atoms with Crippen LogP contribution in [0, 0.1) is 34.6 Å². The van der Waals surface area contributed by atoms with Crippen LogP contribution >= 0.6 is 11.8 Å². The lowest BCUT2D eigenvalue weighted by Gasteiger charge is -2.20. The van der Waals surface area contributed by atoms with E-state index in [4.69, 9.17) is 0 Å². The maximum absolute atomic E-state index is 10.1. The van der Waals surface area contributed by atoms with Gasteiger partial charge >= 0.3 is 0 Å². The molecule has 1 atom stereocenters. The standard InChI is InChI=1S/C17H29NOS/c1-10(2)18-8-16(19)9-20-17-14(6)12(4)11(3)13(5)15(17)7/h10,16,18-19H,8-9H2,1-7H3. The molecule has 0 aliphatic heterocycles. The number of hydrogen-bond acceptors (Lipinski definition) is 3. The van der Waals surface area contributed by atoms with Crippen LogP contribution in [-0.2, 0) is 0 Å². The number of thioether (sulfide) groups is 1. The van der Waals surface area contributed by atoms with E-state index in [2.05, 4.69) is 53.8 Å². The first-order valence-electron chi connectivity index (χ1n) is 7.36. The summed E-state index contributed by atoms with van der Waals surface area (Å²) in [6.45, 7) is 15.8. The second-order valence-electron chi connectivity index (χ2n) is 5.98. The van der Waals surface area contributed by atoms with Gasteiger partial charge in [0.1, 0.15) is 0 Å². The van der Waals surface area contributed by atoms with Gasteiger partial charge in [-0.2, -0.15) is 0 Å². The smallest absolute Gasteiger partial charge is 0.0758 e. The van der Waals surface area contributed by atoms with Crippen LogP contribution in [0.15, 0.2) is 4.90 Å². The van der Waals surface area contributed by atoms with Crippen molar-refractivity contribution in [3.8, 4) is 0 Å². The number of aliphatic hydroxyl groups excluding tert-OH is 1. The maximum Gasteiger partial charge on any atom is 0.0758 e. The highest BCUT2D eigenvalue weighted by molar-refractivity contribution is 7.99. The van der Waals surface area contributed by atoms with E-state index in [1.165, 1.54) is 32.7 Å². The molecule has 1 unspecified atom stereocenters. The zero-order valence-corrected chi connectivity index (χ0v) is 14.7. The SMILES string of the molecule is Cc1c(C)c(C)c(SCC(O)CNC(C)C)c(C)c1C. The Balaban J connectivity index is 2.78. The third kappa shape index (κ3) is 4.24. The largest absolute Gasteiger partial charge is 0.391 e. The lowest BCUT2D eigenvalue weighted by atomic mass is 9.95. The minimum atomic E-state index is -0.303. The molecule has 0 aliphatic carbocycles. The quantitative estimate of drug-likeness (QED) is 0.785. The highest BCUT2D eigenvalue weighted by atomic mass is 32.2. The molecule has 0 saturated carbocycles. The molecule has 0 saturated heterocycles. The molecule has 0 aliphatic rings. The average molecular weight is 295 g/mol. The first-order chi connectivity index (χ1) is 9.25. The molecule has 1 aromatic carbocycles. The summed E-state index contributed by atoms with van der Waals surface area (Å²) in [4.78, 5) is 1.34. The van der Waals surface area contributed by atoms with Gasteiger partial charge in [-0.05, 0) is 62.4 Å². The first-order valence-corrected chi connectivity index (χ1v) is 8.35. The summed E-state index contributed by atoms with van der Waals surface area (Å²) in [6, 6.07) is 0.419. The van der Waals surface area contributed by atoms with Crippen molar-refractivity contribution < 1.29 is 5.11 Å². The molecule has 114 valence electrons. The van der Waals surface area contributed by atoms with Gasteiger partial charge in [-0.25, -0.2) is 0 Å². The summed E-state index contributed by atoms with van der Waals surface area (Å²) in [5.41, 5.74) is 6.88. The molecule has 0 bridgehead atoms. The lowest BCUT2D eigenvalue weighted by molar-refractivity contribution is 0.192. The third-order valence-corrected chi connectivity index (χ3v) is 5.57. The fourth-order valence-electron chi connectivity index (χ4n) is 2.29. The molecule has 0 aromatic heterocycles. The molecule has 3 heteroatoms. The molecule has 2 nitrogen and oxygen atoms in total. The lowest BCUT2D eigenvalue weighted by Crippen LogP contribution is -2.33. The Bertz CT molecular complexity index is 440. The summed E-state index contributed by atoms with van der Waals surface area (Å²) in [5.74, 6) is 0.739. The maximum atomic E-state index is 10.1. The van der Waals surface area contributed by atoms with E-state index in [0.717, 1.165) is 5.75 Å². The monoisotopic (exact) mass is 295 g/mol. The van der Waals surface area contributed by atoms with E-state index < -0.39 is 0 Å². The number of rotatable bonds is 6. The molecular formula is C17H29NOS. The summed E-state index contributed by atoms with van der Waals surface area (Å²) in [6.07, 6.45) is -0.303. The number of nitrogens with one attached hydrogen (secondary N) is 1. The zero-order valence-electron chi connectivity index (χ0n) is 13.9. The van der Waals surface area contributed by atoms with E-state index in [-0.39, 0.29) is 6.10 Å². The molecule has 0 amide bonds. The van der Waals surface area contributed by atoms with Gasteiger partial charge in [-0.1, -0.05) is 13.8 Å². The Labute approximate surface area is 128 Å². The topological polar surface area (TPSA) is 32.3 Å². The molecule has 0 heterocycles. The van der Waals surface area contributed by atoms with E-state index in [0.29, 0.717) is 12.6 Å². The van der Waals surface area contributed by atoms with Crippen molar-refractivity contribution in [1.82, 2.24) is 5.32 Å². The summed E-state index contributed by atoms with van der Waals surface area (Å²) in [5, 5.41) is 13.3. The van der Waals surface area contributed by atoms with Crippen LogP contribution in [0.1, 0.15) is 41.7 Å². The minimum Gasteiger partial charge on any atom is -0.391 e.